The molecule has 0 spiro atoms. The highest BCUT2D eigenvalue weighted by atomic mass is 16.1. The van der Waals surface area contributed by atoms with Crippen molar-refractivity contribution in [1.82, 2.24) is 139 Å². The number of nitrogens with one attached hydrogen (secondary N) is 4. The highest BCUT2D eigenvalue weighted by molar-refractivity contribution is 5.83. The molecule has 0 amide bonds. The number of nitriles is 4. The van der Waals surface area contributed by atoms with Gasteiger partial charge < -0.3 is 19.9 Å². The molecular weight excluding hydrogens is 1570 g/mol. The van der Waals surface area contributed by atoms with Crippen molar-refractivity contribution in [3.05, 3.63) is 303 Å². The predicted octanol–water partition coefficient (Wildman–Crippen LogP) is 11.0. The van der Waals surface area contributed by atoms with Crippen LogP contribution in [-0.2, 0) is 0 Å². The molecule has 124 heavy (non-hydrogen) atoms. The number of rotatable bonds is 16. The van der Waals surface area contributed by atoms with Crippen molar-refractivity contribution in [1.29, 1.82) is 21.0 Å². The van der Waals surface area contributed by atoms with Gasteiger partial charge in [-0.05, 0) is 178 Å². The zero-order valence-corrected chi connectivity index (χ0v) is 68.6. The average molecular weight is 1650 g/mol. The van der Waals surface area contributed by atoms with Crippen LogP contribution in [0.4, 0.5) is 0 Å². The van der Waals surface area contributed by atoms with E-state index in [1.165, 1.54) is 0 Å². The van der Waals surface area contributed by atoms with Gasteiger partial charge in [-0.1, -0.05) is 24.3 Å². The van der Waals surface area contributed by atoms with Crippen molar-refractivity contribution >= 4 is 44.1 Å². The molecule has 0 unspecified atom stereocenters. The number of fused-ring (bicyclic) bond motifs is 4. The first-order chi connectivity index (χ1) is 60.3. The van der Waals surface area contributed by atoms with Crippen LogP contribution in [0.2, 0.25) is 0 Å². The molecule has 616 valence electrons. The Hall–Kier alpha value is -15.7. The largest absolute Gasteiger partial charge is 0.310 e. The molecule has 12 atom stereocenters. The van der Waals surface area contributed by atoms with Crippen LogP contribution in [0.15, 0.2) is 166 Å². The van der Waals surface area contributed by atoms with E-state index in [1.54, 1.807) is 117 Å². The zero-order chi connectivity index (χ0) is 86.1. The second kappa shape index (κ2) is 34.2. The first kappa shape index (κ1) is 80.7. The molecule has 0 radical (unpaired) electrons. The lowest BCUT2D eigenvalue weighted by atomic mass is 9.72. The quantitative estimate of drug-likeness (QED) is 0.0698. The van der Waals surface area contributed by atoms with Crippen LogP contribution in [-0.4, -0.2) is 139 Å². The molecule has 4 saturated carbocycles. The van der Waals surface area contributed by atoms with Crippen LogP contribution in [0.1, 0.15) is 265 Å². The molecule has 36 nitrogen and oxygen atoms in total. The Morgan fingerprint density at radius 3 is 0.653 bits per heavy atom. The van der Waals surface area contributed by atoms with Gasteiger partial charge in [0.25, 0.3) is 22.2 Å². The predicted molar refractivity (Wildman–Crippen MR) is 450 cm³/mol. The maximum absolute atomic E-state index is 12.9. The molecule has 4 N–H and O–H groups in total. The van der Waals surface area contributed by atoms with Crippen molar-refractivity contribution in [2.45, 2.75) is 178 Å². The molecule has 0 bridgehead atoms. The maximum atomic E-state index is 12.9. The van der Waals surface area contributed by atoms with Crippen molar-refractivity contribution < 1.29 is 0 Å². The number of aryl methyl sites for hydroxylation is 4. The van der Waals surface area contributed by atoms with E-state index >= 15 is 0 Å². The molecule has 4 aliphatic rings. The molecule has 16 heterocycles. The van der Waals surface area contributed by atoms with Gasteiger partial charge in [0, 0.05) is 144 Å². The van der Waals surface area contributed by atoms with E-state index in [4.69, 9.17) is 19.9 Å². The van der Waals surface area contributed by atoms with Gasteiger partial charge in [-0.15, -0.1) is 0 Å². The van der Waals surface area contributed by atoms with Crippen LogP contribution in [0.25, 0.3) is 44.1 Å². The first-order valence-electron chi connectivity index (χ1n) is 40.7. The highest BCUT2D eigenvalue weighted by Gasteiger charge is 2.42. The molecule has 4 aliphatic carbocycles. The van der Waals surface area contributed by atoms with E-state index in [2.05, 4.69) is 100 Å². The molecule has 0 saturated heterocycles. The lowest BCUT2D eigenvalue weighted by molar-refractivity contribution is 0.319. The van der Waals surface area contributed by atoms with Gasteiger partial charge in [-0.25, -0.2) is 78.5 Å². The lowest BCUT2D eigenvalue weighted by Gasteiger charge is -2.34. The smallest absolute Gasteiger partial charge is 0.263 e. The summed E-state index contributed by atoms with van der Waals surface area (Å²) in [6.07, 6.45) is 28.2. The van der Waals surface area contributed by atoms with Gasteiger partial charge in [-0.2, -0.15) is 41.4 Å². The molecule has 0 aromatic carbocycles. The third kappa shape index (κ3) is 15.4. The van der Waals surface area contributed by atoms with Gasteiger partial charge in [0.2, 0.25) is 0 Å². The van der Waals surface area contributed by atoms with E-state index in [0.717, 1.165) is 120 Å². The van der Waals surface area contributed by atoms with E-state index in [0.29, 0.717) is 45.9 Å². The molecular formula is C88H80N32O4. The maximum Gasteiger partial charge on any atom is 0.263 e. The normalized spacial score (nSPS) is 19.0. The molecule has 20 rings (SSSR count). The summed E-state index contributed by atoms with van der Waals surface area (Å²) in [5.74, 6) is 5.85. The fraction of sp³-hybridized carbons (Fsp3) is 0.318. The topological polar surface area (TPSA) is 504 Å². The monoisotopic (exact) mass is 1650 g/mol. The Labute approximate surface area is 705 Å². The molecule has 16 aromatic heterocycles. The Balaban J connectivity index is 0.000000117. The Morgan fingerprint density at radius 1 is 0.298 bits per heavy atom. The minimum Gasteiger partial charge on any atom is -0.310 e. The molecule has 36 heteroatoms. The summed E-state index contributed by atoms with van der Waals surface area (Å²) in [7, 11) is 0. The average Bonchev–Trinajstić information content (AvgIpc) is 1.64. The van der Waals surface area contributed by atoms with Gasteiger partial charge in [0.15, 0.2) is 45.4 Å². The minimum absolute atomic E-state index is 0.0183. The van der Waals surface area contributed by atoms with E-state index < -0.39 is 0 Å². The van der Waals surface area contributed by atoms with Crippen molar-refractivity contribution in [2.24, 2.45) is 0 Å². The van der Waals surface area contributed by atoms with Crippen LogP contribution < -0.4 is 22.2 Å². The van der Waals surface area contributed by atoms with Crippen LogP contribution >= 0.6 is 0 Å². The number of aromatic amines is 4. The third-order valence-corrected chi connectivity index (χ3v) is 24.1. The van der Waals surface area contributed by atoms with E-state index in [-0.39, 0.29) is 138 Å². The third-order valence-electron chi connectivity index (χ3n) is 24.1. The number of pyridine rings is 4. The van der Waals surface area contributed by atoms with Gasteiger partial charge in [-0.3, -0.25) is 39.1 Å². The number of hydrogen-bond donors (Lipinski definition) is 4. The summed E-state index contributed by atoms with van der Waals surface area (Å²) in [5.41, 5.74) is 7.82. The second-order valence-electron chi connectivity index (χ2n) is 31.4. The zero-order valence-electron chi connectivity index (χ0n) is 68.6. The fourth-order valence-electron chi connectivity index (χ4n) is 16.4. The molecule has 4 fully saturated rings. The summed E-state index contributed by atoms with van der Waals surface area (Å²) in [4.78, 5) is 135. The van der Waals surface area contributed by atoms with E-state index in [9.17, 15) is 40.2 Å². The van der Waals surface area contributed by atoms with Crippen molar-refractivity contribution in [3.8, 4) is 24.3 Å². The Bertz CT molecular complexity index is 6260. The minimum atomic E-state index is -0.350. The molecule has 16 aromatic rings. The summed E-state index contributed by atoms with van der Waals surface area (Å²) in [5, 5.41) is 56.7. The Kier molecular flexibility index (Phi) is 22.2. The van der Waals surface area contributed by atoms with Gasteiger partial charge in [0.1, 0.15) is 92.4 Å². The fourth-order valence-corrected chi connectivity index (χ4v) is 16.4. The van der Waals surface area contributed by atoms with E-state index in [1.807, 2.05) is 128 Å². The van der Waals surface area contributed by atoms with Gasteiger partial charge in [0.05, 0.1) is 24.2 Å². The summed E-state index contributed by atoms with van der Waals surface area (Å²) in [6, 6.07) is 29.9. The number of H-pyrrole nitrogens is 4. The summed E-state index contributed by atoms with van der Waals surface area (Å²) in [6.45, 7) is 15.5. The number of hydrogen-bond acceptors (Lipinski definition) is 28. The lowest BCUT2D eigenvalue weighted by Crippen LogP contribution is -2.28. The van der Waals surface area contributed by atoms with Crippen molar-refractivity contribution in [2.75, 3.05) is 0 Å². The number of nitrogens with zero attached hydrogens (tertiary/aromatic N) is 28. The SMILES string of the molecule is Cc1ccc([C@@H](C)n2nc(C#N)c3c(=O)[nH]c([C@@H]4CC[C@H]4c4ncccn4)nc32)cn1.Cc1ccc([C@@H](C)n2nc(C#N)c3c(=O)[nH]c([C@H]4CC[C@@H]4c4ncccn4)nc32)cn1.Cc1ccc([C@H](C)n2nc(C#N)c3c(=O)[nH]c([C@@H]4CC[C@H]4c4ncccn4)nc32)cn1.Cc1ccc([C@H](C)n2nc(C#N)c3c(=O)[nH]c([C@H]4CC[C@@H]4c4ncccn4)nc32)cn1. The highest BCUT2D eigenvalue weighted by Crippen LogP contribution is 2.50. The summed E-state index contributed by atoms with van der Waals surface area (Å²) >= 11 is 0. The Morgan fingerprint density at radius 2 is 0.492 bits per heavy atom. The van der Waals surface area contributed by atoms with Gasteiger partial charge >= 0.3 is 0 Å². The first-order valence-corrected chi connectivity index (χ1v) is 40.7. The van der Waals surface area contributed by atoms with Crippen LogP contribution in [0.3, 0.4) is 0 Å². The summed E-state index contributed by atoms with van der Waals surface area (Å²) < 4.78 is 6.58. The standard InChI is InChI=1S/4C22H20N8O/c4*1-12-4-5-14(11-26-12)13(2)30-21-18(17(10-23)29-30)22(31)28-20(27-21)16-7-6-15(16)19-24-8-3-9-25-19/h4*3-5,8-9,11,13,15-16H,6-7H2,1-2H3,(H,27,28,31)/t2*13-,15+,16+;2*13-,15-,16-/m1010/s1. The van der Waals surface area contributed by atoms with Crippen LogP contribution in [0, 0.1) is 73.0 Å². The van der Waals surface area contributed by atoms with Crippen molar-refractivity contribution in [3.63, 3.8) is 0 Å². The van der Waals surface area contributed by atoms with Crippen LogP contribution in [0.5, 0.6) is 0 Å². The number of aromatic nitrogens is 28. The second-order valence-corrected chi connectivity index (χ2v) is 31.4. The molecule has 0 aliphatic heterocycles.